The van der Waals surface area contributed by atoms with E-state index < -0.39 is 10.7 Å². The van der Waals surface area contributed by atoms with Crippen LogP contribution in [0, 0.1) is 12.8 Å². The van der Waals surface area contributed by atoms with Crippen LogP contribution in [0.25, 0.3) is 0 Å². The maximum Gasteiger partial charge on any atom is 0.320 e. The molecule has 1 aliphatic carbocycles. The van der Waals surface area contributed by atoms with E-state index in [1.165, 1.54) is 11.8 Å². The van der Waals surface area contributed by atoms with Gasteiger partial charge in [0.15, 0.2) is 0 Å². The van der Waals surface area contributed by atoms with E-state index in [0.717, 1.165) is 10.5 Å². The molecule has 0 aliphatic heterocycles. The molecule has 0 bridgehead atoms. The number of aryl methyl sites for hydroxylation is 1. The van der Waals surface area contributed by atoms with Gasteiger partial charge < -0.3 is 10.2 Å². The summed E-state index contributed by atoms with van der Waals surface area (Å²) in [5.41, 5.74) is 1.16. The summed E-state index contributed by atoms with van der Waals surface area (Å²) in [7, 11) is 0. The standard InChI is InChI=1S/C12H14O3S/c1-8-2-4-10(5-3-8)16-12(11(14)15)6-9(12)7-13/h2-5,9,13H,6-7H2,1H3,(H,14,15). The predicted octanol–water partition coefficient (Wildman–Crippen LogP) is 1.92. The summed E-state index contributed by atoms with van der Waals surface area (Å²) in [5, 5.41) is 18.2. The van der Waals surface area contributed by atoms with Gasteiger partial charge in [0.2, 0.25) is 0 Å². The SMILES string of the molecule is Cc1ccc(SC2(C(=O)O)CC2CO)cc1. The number of carboxylic acids is 1. The average molecular weight is 238 g/mol. The molecule has 2 N–H and O–H groups in total. The summed E-state index contributed by atoms with van der Waals surface area (Å²) in [4.78, 5) is 12.1. The maximum atomic E-state index is 11.2. The highest BCUT2D eigenvalue weighted by atomic mass is 32.2. The molecule has 0 radical (unpaired) electrons. The number of hydrogen-bond acceptors (Lipinski definition) is 3. The van der Waals surface area contributed by atoms with Crippen molar-refractivity contribution >= 4 is 17.7 Å². The Balaban J connectivity index is 2.14. The highest BCUT2D eigenvalue weighted by molar-refractivity contribution is 8.01. The lowest BCUT2D eigenvalue weighted by Crippen LogP contribution is -2.21. The molecule has 1 aromatic rings. The van der Waals surface area contributed by atoms with E-state index in [9.17, 15) is 9.90 Å². The van der Waals surface area contributed by atoms with Crippen molar-refractivity contribution in [2.24, 2.45) is 5.92 Å². The van der Waals surface area contributed by atoms with Gasteiger partial charge in [-0.1, -0.05) is 17.7 Å². The molecule has 86 valence electrons. The Hall–Kier alpha value is -1.00. The second-order valence-corrected chi connectivity index (χ2v) is 5.60. The second kappa shape index (κ2) is 4.11. The van der Waals surface area contributed by atoms with Gasteiger partial charge in [0.1, 0.15) is 4.75 Å². The molecule has 0 saturated heterocycles. The fraction of sp³-hybridized carbons (Fsp3) is 0.417. The summed E-state index contributed by atoms with van der Waals surface area (Å²) in [5.74, 6) is -0.937. The van der Waals surface area contributed by atoms with Crippen LogP contribution in [0.4, 0.5) is 0 Å². The smallest absolute Gasteiger partial charge is 0.320 e. The first-order chi connectivity index (χ1) is 7.58. The summed E-state index contributed by atoms with van der Waals surface area (Å²) in [6, 6.07) is 7.79. The molecule has 0 heterocycles. The normalized spacial score (nSPS) is 27.8. The van der Waals surface area contributed by atoms with E-state index in [-0.39, 0.29) is 12.5 Å². The molecule has 0 spiro atoms. The third-order valence-electron chi connectivity index (χ3n) is 2.95. The first kappa shape index (κ1) is 11.5. The second-order valence-electron chi connectivity index (χ2n) is 4.19. The van der Waals surface area contributed by atoms with Crippen LogP contribution in [0.3, 0.4) is 0 Å². The molecule has 1 aromatic carbocycles. The molecule has 16 heavy (non-hydrogen) atoms. The molecule has 4 heteroatoms. The van der Waals surface area contributed by atoms with Gasteiger partial charge in [-0.15, -0.1) is 11.8 Å². The van der Waals surface area contributed by atoms with Crippen LogP contribution in [-0.4, -0.2) is 27.5 Å². The summed E-state index contributed by atoms with van der Waals surface area (Å²) in [6.45, 7) is 1.94. The summed E-state index contributed by atoms with van der Waals surface area (Å²) >= 11 is 1.35. The molecule has 2 atom stereocenters. The summed E-state index contributed by atoms with van der Waals surface area (Å²) in [6.07, 6.45) is 0.553. The quantitative estimate of drug-likeness (QED) is 0.841. The Bertz CT molecular complexity index is 401. The molecule has 2 unspecified atom stereocenters. The molecular formula is C12H14O3S. The van der Waals surface area contributed by atoms with Crippen LogP contribution in [0.2, 0.25) is 0 Å². The first-order valence-corrected chi connectivity index (χ1v) is 6.00. The number of hydrogen-bond donors (Lipinski definition) is 2. The Morgan fingerprint density at radius 3 is 2.56 bits per heavy atom. The number of aliphatic hydroxyl groups is 1. The van der Waals surface area contributed by atoms with Gasteiger partial charge in [0, 0.05) is 17.4 Å². The monoisotopic (exact) mass is 238 g/mol. The third kappa shape index (κ3) is 1.95. The van der Waals surface area contributed by atoms with Gasteiger partial charge in [-0.25, -0.2) is 0 Å². The molecular weight excluding hydrogens is 224 g/mol. The average Bonchev–Trinajstić information content (AvgIpc) is 2.97. The van der Waals surface area contributed by atoms with Crippen LogP contribution in [0.15, 0.2) is 29.2 Å². The van der Waals surface area contributed by atoms with Gasteiger partial charge in [0.05, 0.1) is 0 Å². The number of carboxylic acid groups (broad SMARTS) is 1. The van der Waals surface area contributed by atoms with Gasteiger partial charge >= 0.3 is 5.97 Å². The minimum atomic E-state index is -0.822. The zero-order valence-corrected chi connectivity index (χ0v) is 9.83. The Kier molecular flexibility index (Phi) is 2.95. The molecule has 1 aliphatic rings. The number of benzene rings is 1. The van der Waals surface area contributed by atoms with Gasteiger partial charge in [-0.05, 0) is 25.5 Å². The number of thioether (sulfide) groups is 1. The van der Waals surface area contributed by atoms with Crippen molar-refractivity contribution in [2.45, 2.75) is 23.0 Å². The van der Waals surface area contributed by atoms with Gasteiger partial charge in [0.25, 0.3) is 0 Å². The highest BCUT2D eigenvalue weighted by Crippen LogP contribution is 2.56. The molecule has 0 amide bonds. The number of aliphatic carboxylic acids is 1. The van der Waals surface area contributed by atoms with Crippen molar-refractivity contribution in [3.8, 4) is 0 Å². The van der Waals surface area contributed by atoms with Crippen molar-refractivity contribution in [3.05, 3.63) is 29.8 Å². The zero-order valence-electron chi connectivity index (χ0n) is 9.01. The lowest BCUT2D eigenvalue weighted by Gasteiger charge is -2.11. The van der Waals surface area contributed by atoms with Crippen LogP contribution in [0.5, 0.6) is 0 Å². The van der Waals surface area contributed by atoms with Crippen molar-refractivity contribution in [1.82, 2.24) is 0 Å². The van der Waals surface area contributed by atoms with Gasteiger partial charge in [-0.3, -0.25) is 4.79 Å². The van der Waals surface area contributed by atoms with Crippen molar-refractivity contribution in [2.75, 3.05) is 6.61 Å². The topological polar surface area (TPSA) is 57.5 Å². The maximum absolute atomic E-state index is 11.2. The largest absolute Gasteiger partial charge is 0.480 e. The Morgan fingerprint density at radius 2 is 2.12 bits per heavy atom. The van der Waals surface area contributed by atoms with E-state index in [0.29, 0.717) is 6.42 Å². The van der Waals surface area contributed by atoms with E-state index in [1.54, 1.807) is 0 Å². The van der Waals surface area contributed by atoms with E-state index in [4.69, 9.17) is 5.11 Å². The zero-order chi connectivity index (χ0) is 11.8. The van der Waals surface area contributed by atoms with Gasteiger partial charge in [-0.2, -0.15) is 0 Å². The lowest BCUT2D eigenvalue weighted by atomic mass is 10.2. The fourth-order valence-electron chi connectivity index (χ4n) is 1.77. The highest BCUT2D eigenvalue weighted by Gasteiger charge is 2.61. The van der Waals surface area contributed by atoms with Crippen molar-refractivity contribution < 1.29 is 15.0 Å². The van der Waals surface area contributed by atoms with Crippen LogP contribution >= 0.6 is 11.8 Å². The van der Waals surface area contributed by atoms with Crippen molar-refractivity contribution in [1.29, 1.82) is 0 Å². The molecule has 2 rings (SSSR count). The van der Waals surface area contributed by atoms with Crippen molar-refractivity contribution in [3.63, 3.8) is 0 Å². The van der Waals surface area contributed by atoms with E-state index in [1.807, 2.05) is 31.2 Å². The number of rotatable bonds is 4. The third-order valence-corrected chi connectivity index (χ3v) is 4.50. The molecule has 3 nitrogen and oxygen atoms in total. The van der Waals surface area contributed by atoms with Crippen LogP contribution in [0.1, 0.15) is 12.0 Å². The van der Waals surface area contributed by atoms with Crippen LogP contribution < -0.4 is 0 Å². The minimum Gasteiger partial charge on any atom is -0.480 e. The van der Waals surface area contributed by atoms with E-state index >= 15 is 0 Å². The van der Waals surface area contributed by atoms with E-state index in [2.05, 4.69) is 0 Å². The Morgan fingerprint density at radius 1 is 1.50 bits per heavy atom. The molecule has 1 fully saturated rings. The number of aliphatic hydroxyl groups excluding tert-OH is 1. The minimum absolute atomic E-state index is 0.0504. The molecule has 1 saturated carbocycles. The Labute approximate surface area is 98.5 Å². The number of carbonyl (C=O) groups is 1. The first-order valence-electron chi connectivity index (χ1n) is 5.18. The lowest BCUT2D eigenvalue weighted by molar-refractivity contribution is -0.137. The predicted molar refractivity (Wildman–Crippen MR) is 62.6 cm³/mol. The fourth-order valence-corrected chi connectivity index (χ4v) is 3.07. The summed E-state index contributed by atoms with van der Waals surface area (Å²) < 4.78 is -0.802. The molecule has 0 aromatic heterocycles. The van der Waals surface area contributed by atoms with Crippen LogP contribution in [-0.2, 0) is 4.79 Å².